The molecule has 2 nitrogen and oxygen atoms in total. The van der Waals surface area contributed by atoms with Crippen molar-refractivity contribution in [3.8, 4) is 17.2 Å². The van der Waals surface area contributed by atoms with Crippen LogP contribution in [0.15, 0.2) is 46.9 Å². The molecule has 0 amide bonds. The predicted octanol–water partition coefficient (Wildman–Crippen LogP) is 4.60. The highest BCUT2D eigenvalue weighted by molar-refractivity contribution is 9.10. The first kappa shape index (κ1) is 11.3. The number of halogens is 2. The molecule has 0 unspecified atom stereocenters. The van der Waals surface area contributed by atoms with Gasteiger partial charge < -0.3 is 9.84 Å². The van der Waals surface area contributed by atoms with Crippen LogP contribution in [-0.4, -0.2) is 5.11 Å². The normalized spacial score (nSPS) is 10.1. The van der Waals surface area contributed by atoms with Gasteiger partial charge in [-0.25, -0.2) is 0 Å². The molecule has 0 aliphatic carbocycles. The maximum Gasteiger partial charge on any atom is 0.146 e. The molecule has 0 bridgehead atoms. The Balaban J connectivity index is 2.23. The molecule has 0 aliphatic heterocycles. The molecule has 0 saturated carbocycles. The molecule has 2 aromatic rings. The topological polar surface area (TPSA) is 29.5 Å². The van der Waals surface area contributed by atoms with Crippen molar-refractivity contribution in [1.29, 1.82) is 0 Å². The van der Waals surface area contributed by atoms with Gasteiger partial charge in [-0.05, 0) is 42.5 Å². The van der Waals surface area contributed by atoms with Gasteiger partial charge in [-0.3, -0.25) is 0 Å². The molecule has 1 N–H and O–H groups in total. The van der Waals surface area contributed by atoms with Crippen LogP contribution in [-0.2, 0) is 0 Å². The average Bonchev–Trinajstić information content (AvgIpc) is 2.25. The highest BCUT2D eigenvalue weighted by atomic mass is 79.9. The first-order chi connectivity index (χ1) is 7.65. The molecule has 0 spiro atoms. The van der Waals surface area contributed by atoms with E-state index in [9.17, 15) is 0 Å². The minimum Gasteiger partial charge on any atom is -0.508 e. The summed E-state index contributed by atoms with van der Waals surface area (Å²) in [6.45, 7) is 0. The average molecular weight is 300 g/mol. The molecule has 0 saturated heterocycles. The van der Waals surface area contributed by atoms with E-state index in [1.165, 1.54) is 0 Å². The maximum atomic E-state index is 9.13. The lowest BCUT2D eigenvalue weighted by molar-refractivity contribution is 0.464. The van der Waals surface area contributed by atoms with E-state index in [-0.39, 0.29) is 5.75 Å². The number of hydrogen-bond acceptors (Lipinski definition) is 2. The van der Waals surface area contributed by atoms with Crippen molar-refractivity contribution in [3.05, 3.63) is 52.0 Å². The van der Waals surface area contributed by atoms with Gasteiger partial charge in [-0.1, -0.05) is 27.5 Å². The standard InChI is InChI=1S/C12H8BrClO2/c13-8-1-6-12(11(14)7-8)16-10-4-2-9(15)3-5-10/h1-7,15H. The van der Waals surface area contributed by atoms with Crippen LogP contribution in [0.5, 0.6) is 17.2 Å². The summed E-state index contributed by atoms with van der Waals surface area (Å²) >= 11 is 9.32. The zero-order valence-electron chi connectivity index (χ0n) is 8.15. The highest BCUT2D eigenvalue weighted by Crippen LogP contribution is 2.32. The smallest absolute Gasteiger partial charge is 0.146 e. The zero-order chi connectivity index (χ0) is 11.5. The summed E-state index contributed by atoms with van der Waals surface area (Å²) in [5, 5.41) is 9.66. The lowest BCUT2D eigenvalue weighted by Crippen LogP contribution is -1.84. The van der Waals surface area contributed by atoms with Crippen molar-refractivity contribution >= 4 is 27.5 Å². The van der Waals surface area contributed by atoms with Crippen LogP contribution in [0.4, 0.5) is 0 Å². The monoisotopic (exact) mass is 298 g/mol. The highest BCUT2D eigenvalue weighted by Gasteiger charge is 2.03. The number of benzene rings is 2. The molecule has 16 heavy (non-hydrogen) atoms. The van der Waals surface area contributed by atoms with E-state index in [2.05, 4.69) is 15.9 Å². The summed E-state index contributed by atoms with van der Waals surface area (Å²) in [5.74, 6) is 1.41. The first-order valence-electron chi connectivity index (χ1n) is 4.57. The number of rotatable bonds is 2. The molecule has 0 radical (unpaired) electrons. The Labute approximate surface area is 107 Å². The Morgan fingerprint density at radius 3 is 2.38 bits per heavy atom. The van der Waals surface area contributed by atoms with Crippen molar-refractivity contribution < 1.29 is 9.84 Å². The van der Waals surface area contributed by atoms with E-state index in [4.69, 9.17) is 21.4 Å². The van der Waals surface area contributed by atoms with Crippen molar-refractivity contribution in [2.45, 2.75) is 0 Å². The second-order valence-electron chi connectivity index (χ2n) is 3.17. The third-order valence-electron chi connectivity index (χ3n) is 1.96. The van der Waals surface area contributed by atoms with Gasteiger partial charge in [0.25, 0.3) is 0 Å². The lowest BCUT2D eigenvalue weighted by atomic mass is 10.3. The van der Waals surface area contributed by atoms with Gasteiger partial charge in [-0.2, -0.15) is 0 Å². The van der Waals surface area contributed by atoms with Crippen molar-refractivity contribution in [3.63, 3.8) is 0 Å². The van der Waals surface area contributed by atoms with Gasteiger partial charge in [0.05, 0.1) is 5.02 Å². The third-order valence-corrected chi connectivity index (χ3v) is 2.75. The van der Waals surface area contributed by atoms with Gasteiger partial charge in [0.2, 0.25) is 0 Å². The molecule has 0 aliphatic rings. The Bertz CT molecular complexity index is 497. The third kappa shape index (κ3) is 2.68. The number of phenolic OH excluding ortho intramolecular Hbond substituents is 1. The van der Waals surface area contributed by atoms with E-state index in [0.29, 0.717) is 16.5 Å². The summed E-state index contributed by atoms with van der Waals surface area (Å²) < 4.78 is 6.45. The lowest BCUT2D eigenvalue weighted by Gasteiger charge is -2.07. The SMILES string of the molecule is Oc1ccc(Oc2ccc(Br)cc2Cl)cc1. The van der Waals surface area contributed by atoms with E-state index in [1.807, 2.05) is 6.07 Å². The van der Waals surface area contributed by atoms with Crippen molar-refractivity contribution in [1.82, 2.24) is 0 Å². The second kappa shape index (κ2) is 4.76. The van der Waals surface area contributed by atoms with Crippen LogP contribution in [0.3, 0.4) is 0 Å². The van der Waals surface area contributed by atoms with Crippen molar-refractivity contribution in [2.24, 2.45) is 0 Å². The molecule has 0 aromatic heterocycles. The minimum atomic E-state index is 0.203. The fourth-order valence-corrected chi connectivity index (χ4v) is 1.91. The minimum absolute atomic E-state index is 0.203. The Kier molecular flexibility index (Phi) is 3.36. The Morgan fingerprint density at radius 2 is 1.75 bits per heavy atom. The van der Waals surface area contributed by atoms with Gasteiger partial charge in [0, 0.05) is 4.47 Å². The van der Waals surface area contributed by atoms with Gasteiger partial charge in [0.1, 0.15) is 17.2 Å². The molecule has 82 valence electrons. The van der Waals surface area contributed by atoms with Crippen LogP contribution in [0, 0.1) is 0 Å². The van der Waals surface area contributed by atoms with Crippen LogP contribution in [0.1, 0.15) is 0 Å². The number of aromatic hydroxyl groups is 1. The first-order valence-corrected chi connectivity index (χ1v) is 5.74. The molecular weight excluding hydrogens is 291 g/mol. The quantitative estimate of drug-likeness (QED) is 0.878. The molecule has 0 heterocycles. The Hall–Kier alpha value is -1.19. The molecule has 2 rings (SSSR count). The number of ether oxygens (including phenoxy) is 1. The van der Waals surface area contributed by atoms with Crippen LogP contribution >= 0.6 is 27.5 Å². The summed E-state index contributed by atoms with van der Waals surface area (Å²) in [6, 6.07) is 11.9. The maximum absolute atomic E-state index is 9.13. The largest absolute Gasteiger partial charge is 0.508 e. The van der Waals surface area contributed by atoms with E-state index in [0.717, 1.165) is 4.47 Å². The van der Waals surface area contributed by atoms with E-state index >= 15 is 0 Å². The fourth-order valence-electron chi connectivity index (χ4n) is 1.20. The fraction of sp³-hybridized carbons (Fsp3) is 0. The van der Waals surface area contributed by atoms with Crippen molar-refractivity contribution in [2.75, 3.05) is 0 Å². The van der Waals surface area contributed by atoms with Gasteiger partial charge in [-0.15, -0.1) is 0 Å². The Morgan fingerprint density at radius 1 is 1.06 bits per heavy atom. The second-order valence-corrected chi connectivity index (χ2v) is 4.49. The summed E-state index contributed by atoms with van der Waals surface area (Å²) in [7, 11) is 0. The van der Waals surface area contributed by atoms with Gasteiger partial charge >= 0.3 is 0 Å². The van der Waals surface area contributed by atoms with E-state index in [1.54, 1.807) is 36.4 Å². The molecular formula is C12H8BrClO2. The van der Waals surface area contributed by atoms with Crippen LogP contribution in [0.25, 0.3) is 0 Å². The zero-order valence-corrected chi connectivity index (χ0v) is 10.5. The molecule has 4 heteroatoms. The van der Waals surface area contributed by atoms with Crippen LogP contribution < -0.4 is 4.74 Å². The predicted molar refractivity (Wildman–Crippen MR) is 67.3 cm³/mol. The molecule has 2 aromatic carbocycles. The molecule has 0 atom stereocenters. The summed E-state index contributed by atoms with van der Waals surface area (Å²) in [5.41, 5.74) is 0. The van der Waals surface area contributed by atoms with Gasteiger partial charge in [0.15, 0.2) is 0 Å². The summed E-state index contributed by atoms with van der Waals surface area (Å²) in [4.78, 5) is 0. The van der Waals surface area contributed by atoms with Crippen LogP contribution in [0.2, 0.25) is 5.02 Å². The molecule has 0 fully saturated rings. The summed E-state index contributed by atoms with van der Waals surface area (Å²) in [6.07, 6.45) is 0. The number of phenols is 1. The van der Waals surface area contributed by atoms with E-state index < -0.39 is 0 Å². The number of hydrogen-bond donors (Lipinski definition) is 1.